The minimum Gasteiger partial charge on any atom is -0.254 e. The standard InChI is InChI=1S/C10H8F10N2O2/c11-5(23)7(13,14)9(17,18)21-1-2-22(4-3-21)10(19,20)8(15,16)6(12)24/h1-4H2. The van der Waals surface area contributed by atoms with E-state index in [0.717, 1.165) is 0 Å². The van der Waals surface area contributed by atoms with Crippen molar-refractivity contribution in [3.63, 3.8) is 0 Å². The Kier molecular flexibility index (Phi) is 5.26. The molecule has 140 valence electrons. The lowest BCUT2D eigenvalue weighted by Gasteiger charge is -2.43. The number of halogens is 10. The van der Waals surface area contributed by atoms with E-state index in [1.165, 1.54) is 0 Å². The van der Waals surface area contributed by atoms with Gasteiger partial charge in [0.05, 0.1) is 0 Å². The predicted molar refractivity (Wildman–Crippen MR) is 55.2 cm³/mol. The third-order valence-electron chi connectivity index (χ3n) is 3.32. The van der Waals surface area contributed by atoms with Gasteiger partial charge >= 0.3 is 36.0 Å². The maximum atomic E-state index is 13.4. The van der Waals surface area contributed by atoms with Crippen LogP contribution in [0.3, 0.4) is 0 Å². The first-order valence-electron chi connectivity index (χ1n) is 6.01. The van der Waals surface area contributed by atoms with Gasteiger partial charge in [0.2, 0.25) is 0 Å². The molecule has 0 saturated carbocycles. The summed E-state index contributed by atoms with van der Waals surface area (Å²) in [6.45, 7) is -5.66. The highest BCUT2D eigenvalue weighted by molar-refractivity contribution is 5.78. The summed E-state index contributed by atoms with van der Waals surface area (Å²) < 4.78 is 129. The number of alkyl halides is 8. The van der Waals surface area contributed by atoms with E-state index in [2.05, 4.69) is 0 Å². The minimum absolute atomic E-state index is 0.563. The van der Waals surface area contributed by atoms with Gasteiger partial charge in [0.15, 0.2) is 0 Å². The molecule has 0 amide bonds. The Hall–Kier alpha value is -1.44. The van der Waals surface area contributed by atoms with Gasteiger partial charge in [0, 0.05) is 26.2 Å². The summed E-state index contributed by atoms with van der Waals surface area (Å²) in [5.41, 5.74) is 0. The number of carbonyl (C=O) groups excluding carboxylic acids is 2. The molecule has 0 atom stereocenters. The molecule has 0 bridgehead atoms. The van der Waals surface area contributed by atoms with Crippen LogP contribution in [0.15, 0.2) is 0 Å². The average molecular weight is 378 g/mol. The lowest BCUT2D eigenvalue weighted by atomic mass is 10.2. The summed E-state index contributed by atoms with van der Waals surface area (Å²) in [5.74, 6) is -11.6. The van der Waals surface area contributed by atoms with Gasteiger partial charge in [-0.25, -0.2) is 9.80 Å². The van der Waals surface area contributed by atoms with Crippen LogP contribution in [0.25, 0.3) is 0 Å². The van der Waals surface area contributed by atoms with Crippen LogP contribution in [0.5, 0.6) is 0 Å². The van der Waals surface area contributed by atoms with Crippen LogP contribution in [-0.2, 0) is 9.59 Å². The van der Waals surface area contributed by atoms with Crippen molar-refractivity contribution in [2.24, 2.45) is 0 Å². The molecule has 1 aliphatic rings. The number of hydrogen-bond acceptors (Lipinski definition) is 4. The van der Waals surface area contributed by atoms with E-state index < -0.39 is 72.0 Å². The van der Waals surface area contributed by atoms with E-state index in [4.69, 9.17) is 0 Å². The maximum Gasteiger partial charge on any atom is 0.412 e. The highest BCUT2D eigenvalue weighted by Gasteiger charge is 2.69. The molecule has 1 aliphatic heterocycles. The molecule has 0 radical (unpaired) electrons. The smallest absolute Gasteiger partial charge is 0.254 e. The second kappa shape index (κ2) is 6.13. The minimum atomic E-state index is -5.78. The van der Waals surface area contributed by atoms with Gasteiger partial charge in [-0.15, -0.1) is 0 Å². The Morgan fingerprint density at radius 2 is 0.792 bits per heavy atom. The molecule has 24 heavy (non-hydrogen) atoms. The first kappa shape index (κ1) is 20.6. The Morgan fingerprint density at radius 3 is 0.958 bits per heavy atom. The molecule has 0 aromatic rings. The fourth-order valence-corrected chi connectivity index (χ4v) is 1.90. The Labute approximate surface area is 127 Å². The molecule has 1 saturated heterocycles. The van der Waals surface area contributed by atoms with Gasteiger partial charge < -0.3 is 0 Å². The van der Waals surface area contributed by atoms with Gasteiger partial charge in [-0.1, -0.05) is 0 Å². The van der Waals surface area contributed by atoms with Crippen molar-refractivity contribution in [1.82, 2.24) is 9.80 Å². The van der Waals surface area contributed by atoms with Crippen LogP contribution in [0, 0.1) is 0 Å². The number of hydrogen-bond donors (Lipinski definition) is 0. The fourth-order valence-electron chi connectivity index (χ4n) is 1.90. The molecule has 4 nitrogen and oxygen atoms in total. The van der Waals surface area contributed by atoms with Crippen LogP contribution < -0.4 is 0 Å². The van der Waals surface area contributed by atoms with Crippen LogP contribution in [0.4, 0.5) is 43.9 Å². The highest BCUT2D eigenvalue weighted by Crippen LogP contribution is 2.42. The highest BCUT2D eigenvalue weighted by atomic mass is 19.3. The van der Waals surface area contributed by atoms with Gasteiger partial charge in [0.25, 0.3) is 0 Å². The van der Waals surface area contributed by atoms with E-state index in [9.17, 15) is 53.5 Å². The monoisotopic (exact) mass is 378 g/mol. The van der Waals surface area contributed by atoms with Crippen LogP contribution in [0.1, 0.15) is 0 Å². The molecule has 0 spiro atoms. The van der Waals surface area contributed by atoms with E-state index in [1.807, 2.05) is 0 Å². The van der Waals surface area contributed by atoms with Crippen molar-refractivity contribution in [3.8, 4) is 0 Å². The Morgan fingerprint density at radius 1 is 0.583 bits per heavy atom. The van der Waals surface area contributed by atoms with Gasteiger partial charge in [-0.05, 0) is 0 Å². The predicted octanol–water partition coefficient (Wildman–Crippen LogP) is 2.05. The summed E-state index contributed by atoms with van der Waals surface area (Å²) >= 11 is 0. The molecule has 1 rings (SSSR count). The van der Waals surface area contributed by atoms with Crippen LogP contribution in [-0.4, -0.2) is 72.0 Å². The van der Waals surface area contributed by atoms with E-state index in [0.29, 0.717) is 0 Å². The molecule has 0 aromatic carbocycles. The van der Waals surface area contributed by atoms with Crippen molar-refractivity contribution in [1.29, 1.82) is 0 Å². The van der Waals surface area contributed by atoms with E-state index in [1.54, 1.807) is 0 Å². The topological polar surface area (TPSA) is 40.6 Å². The molecule has 1 heterocycles. The van der Waals surface area contributed by atoms with Gasteiger partial charge in [-0.3, -0.25) is 9.59 Å². The number of nitrogens with zero attached hydrogens (tertiary/aromatic N) is 2. The molecule has 0 aromatic heterocycles. The summed E-state index contributed by atoms with van der Waals surface area (Å²) in [6.07, 6.45) is 0. The zero-order valence-corrected chi connectivity index (χ0v) is 11.3. The zero-order chi connectivity index (χ0) is 19.1. The molecule has 0 unspecified atom stereocenters. The lowest BCUT2D eigenvalue weighted by molar-refractivity contribution is -0.306. The number of carbonyl (C=O) groups is 2. The Balaban J connectivity index is 2.91. The van der Waals surface area contributed by atoms with E-state index >= 15 is 0 Å². The second-order valence-corrected chi connectivity index (χ2v) is 4.75. The molecule has 0 N–H and O–H groups in total. The zero-order valence-electron chi connectivity index (χ0n) is 11.3. The van der Waals surface area contributed by atoms with Gasteiger partial charge in [-0.2, -0.15) is 43.9 Å². The summed E-state index contributed by atoms with van der Waals surface area (Å²) in [6, 6.07) is -18.2. The quantitative estimate of drug-likeness (QED) is 0.403. The van der Waals surface area contributed by atoms with Crippen molar-refractivity contribution in [2.75, 3.05) is 26.2 Å². The van der Waals surface area contributed by atoms with Gasteiger partial charge in [0.1, 0.15) is 0 Å². The average Bonchev–Trinajstić information content (AvgIpc) is 2.46. The molecular formula is C10H8F10N2O2. The maximum absolute atomic E-state index is 13.4. The summed E-state index contributed by atoms with van der Waals surface area (Å²) in [7, 11) is 0. The molecule has 1 fully saturated rings. The number of piperazine rings is 1. The van der Waals surface area contributed by atoms with Crippen molar-refractivity contribution in [2.45, 2.75) is 23.9 Å². The van der Waals surface area contributed by atoms with E-state index in [-0.39, 0.29) is 0 Å². The first-order valence-corrected chi connectivity index (χ1v) is 6.01. The lowest BCUT2D eigenvalue weighted by Crippen LogP contribution is -2.66. The third kappa shape index (κ3) is 3.08. The summed E-state index contributed by atoms with van der Waals surface area (Å²) in [5, 5.41) is 0. The van der Waals surface area contributed by atoms with Crippen molar-refractivity contribution < 1.29 is 53.5 Å². The van der Waals surface area contributed by atoms with Crippen LogP contribution in [0.2, 0.25) is 0 Å². The largest absolute Gasteiger partial charge is 0.412 e. The molecule has 0 aliphatic carbocycles. The van der Waals surface area contributed by atoms with Crippen LogP contribution >= 0.6 is 0 Å². The molecular weight excluding hydrogens is 370 g/mol. The number of rotatable bonds is 6. The van der Waals surface area contributed by atoms with Crippen molar-refractivity contribution in [3.05, 3.63) is 0 Å². The van der Waals surface area contributed by atoms with Crippen molar-refractivity contribution >= 4 is 12.1 Å². The third-order valence-corrected chi connectivity index (χ3v) is 3.32. The Bertz CT molecular complexity index is 470. The fraction of sp³-hybridized carbons (Fsp3) is 0.800. The molecule has 14 heteroatoms. The normalized spacial score (nSPS) is 19.4. The summed E-state index contributed by atoms with van der Waals surface area (Å²) in [4.78, 5) is 18.8. The first-order chi connectivity index (χ1) is 10.6. The second-order valence-electron chi connectivity index (χ2n) is 4.75. The SMILES string of the molecule is O=C(F)C(F)(F)C(F)(F)N1CCN(C(F)(F)C(F)(F)C(=O)F)CC1.